The molecular formula is C13H15N5O2. The second-order valence-corrected chi connectivity index (χ2v) is 4.11. The third-order valence-electron chi connectivity index (χ3n) is 2.65. The highest BCUT2D eigenvalue weighted by molar-refractivity contribution is 6.03. The number of carbonyl (C=O) groups excluding carboxylic acids is 1. The number of hydrogen-bond acceptors (Lipinski definition) is 6. The molecule has 104 valence electrons. The lowest BCUT2D eigenvalue weighted by atomic mass is 10.2. The first kappa shape index (κ1) is 13.8. The lowest BCUT2D eigenvalue weighted by molar-refractivity contribution is 0.102. The van der Waals surface area contributed by atoms with E-state index >= 15 is 0 Å². The molecule has 20 heavy (non-hydrogen) atoms. The molecule has 1 amide bonds. The minimum Gasteiger partial charge on any atom is -0.495 e. The number of ether oxygens (including phenoxy) is 1. The van der Waals surface area contributed by atoms with Crippen molar-refractivity contribution >= 4 is 17.4 Å². The highest BCUT2D eigenvalue weighted by atomic mass is 16.5. The van der Waals surface area contributed by atoms with Crippen LogP contribution in [-0.2, 0) is 0 Å². The van der Waals surface area contributed by atoms with Crippen LogP contribution in [0.4, 0.5) is 11.5 Å². The average molecular weight is 273 g/mol. The molecule has 0 aliphatic heterocycles. The van der Waals surface area contributed by atoms with E-state index in [-0.39, 0.29) is 11.6 Å². The molecule has 0 unspecified atom stereocenters. The summed E-state index contributed by atoms with van der Waals surface area (Å²) in [5.41, 5.74) is 4.12. The van der Waals surface area contributed by atoms with E-state index < -0.39 is 0 Å². The Kier molecular flexibility index (Phi) is 4.11. The molecule has 1 heterocycles. The van der Waals surface area contributed by atoms with Crippen LogP contribution in [0.15, 0.2) is 30.3 Å². The van der Waals surface area contributed by atoms with Gasteiger partial charge in [-0.1, -0.05) is 6.07 Å². The zero-order valence-corrected chi connectivity index (χ0v) is 11.2. The molecule has 0 aliphatic carbocycles. The topological polar surface area (TPSA) is 102 Å². The number of amides is 1. The van der Waals surface area contributed by atoms with Gasteiger partial charge < -0.3 is 15.5 Å². The van der Waals surface area contributed by atoms with Gasteiger partial charge in [-0.2, -0.15) is 0 Å². The highest BCUT2D eigenvalue weighted by Gasteiger charge is 2.11. The summed E-state index contributed by atoms with van der Waals surface area (Å²) in [7, 11) is 1.54. The van der Waals surface area contributed by atoms with Crippen LogP contribution < -0.4 is 21.3 Å². The van der Waals surface area contributed by atoms with Crippen molar-refractivity contribution in [3.8, 4) is 5.75 Å². The van der Waals surface area contributed by atoms with Crippen molar-refractivity contribution < 1.29 is 9.53 Å². The van der Waals surface area contributed by atoms with E-state index in [4.69, 9.17) is 10.6 Å². The maximum Gasteiger partial charge on any atom is 0.276 e. The third-order valence-corrected chi connectivity index (χ3v) is 2.65. The molecule has 4 N–H and O–H groups in total. The maximum absolute atomic E-state index is 12.1. The molecule has 0 bridgehead atoms. The maximum atomic E-state index is 12.1. The predicted octanol–water partition coefficient (Wildman–Crippen LogP) is 1.33. The molecule has 0 aliphatic rings. The van der Waals surface area contributed by atoms with Crippen molar-refractivity contribution in [2.45, 2.75) is 6.92 Å². The standard InChI is InChI=1S/C13H15N5O2/c1-8-3-5-11(20-2)10(7-8)15-13(19)9-4-6-12(16-14)18-17-9/h3-7H,14H2,1-2H3,(H,15,19)(H,16,18). The van der Waals surface area contributed by atoms with E-state index in [1.54, 1.807) is 19.2 Å². The average Bonchev–Trinajstić information content (AvgIpc) is 2.47. The first-order valence-electron chi connectivity index (χ1n) is 5.90. The van der Waals surface area contributed by atoms with Crippen LogP contribution >= 0.6 is 0 Å². The second-order valence-electron chi connectivity index (χ2n) is 4.11. The lowest BCUT2D eigenvalue weighted by Crippen LogP contribution is -2.16. The number of carbonyl (C=O) groups is 1. The summed E-state index contributed by atoms with van der Waals surface area (Å²) in [4.78, 5) is 12.1. The number of nitrogens with one attached hydrogen (secondary N) is 2. The first-order chi connectivity index (χ1) is 9.63. The number of benzene rings is 1. The van der Waals surface area contributed by atoms with Crippen molar-refractivity contribution in [2.75, 3.05) is 17.9 Å². The highest BCUT2D eigenvalue weighted by Crippen LogP contribution is 2.25. The Morgan fingerprint density at radius 3 is 2.65 bits per heavy atom. The molecule has 2 rings (SSSR count). The molecule has 0 fully saturated rings. The van der Waals surface area contributed by atoms with E-state index in [2.05, 4.69) is 20.9 Å². The molecular weight excluding hydrogens is 258 g/mol. The number of anilines is 2. The van der Waals surface area contributed by atoms with Crippen molar-refractivity contribution in [2.24, 2.45) is 5.84 Å². The van der Waals surface area contributed by atoms with Crippen molar-refractivity contribution in [1.29, 1.82) is 0 Å². The predicted molar refractivity (Wildman–Crippen MR) is 75.5 cm³/mol. The van der Waals surface area contributed by atoms with Gasteiger partial charge in [-0.3, -0.25) is 4.79 Å². The Labute approximate surface area is 116 Å². The van der Waals surface area contributed by atoms with E-state index in [0.29, 0.717) is 17.3 Å². The summed E-state index contributed by atoms with van der Waals surface area (Å²) in [6.07, 6.45) is 0. The van der Waals surface area contributed by atoms with Gasteiger partial charge in [0, 0.05) is 0 Å². The van der Waals surface area contributed by atoms with Gasteiger partial charge in [-0.25, -0.2) is 5.84 Å². The Morgan fingerprint density at radius 2 is 2.05 bits per heavy atom. The van der Waals surface area contributed by atoms with Gasteiger partial charge in [0.2, 0.25) is 0 Å². The Balaban J connectivity index is 2.20. The zero-order valence-electron chi connectivity index (χ0n) is 11.2. The molecule has 7 heteroatoms. The minimum atomic E-state index is -0.370. The van der Waals surface area contributed by atoms with Gasteiger partial charge in [-0.15, -0.1) is 10.2 Å². The second kappa shape index (κ2) is 5.98. The van der Waals surface area contributed by atoms with Crippen LogP contribution in [0, 0.1) is 6.92 Å². The number of nitrogens with zero attached hydrogens (tertiary/aromatic N) is 2. The third kappa shape index (κ3) is 3.01. The summed E-state index contributed by atoms with van der Waals surface area (Å²) < 4.78 is 5.20. The summed E-state index contributed by atoms with van der Waals surface area (Å²) >= 11 is 0. The molecule has 0 spiro atoms. The molecule has 7 nitrogen and oxygen atoms in total. The van der Waals surface area contributed by atoms with Crippen molar-refractivity contribution in [3.05, 3.63) is 41.6 Å². The summed E-state index contributed by atoms with van der Waals surface area (Å²) in [5, 5.41) is 10.3. The van der Waals surface area contributed by atoms with Gasteiger partial charge in [0.1, 0.15) is 5.75 Å². The molecule has 0 radical (unpaired) electrons. The van der Waals surface area contributed by atoms with Crippen LogP contribution in [0.1, 0.15) is 16.1 Å². The lowest BCUT2D eigenvalue weighted by Gasteiger charge is -2.10. The molecule has 1 aromatic carbocycles. The fraction of sp³-hybridized carbons (Fsp3) is 0.154. The van der Waals surface area contributed by atoms with Gasteiger partial charge in [0.15, 0.2) is 11.5 Å². The van der Waals surface area contributed by atoms with Gasteiger partial charge >= 0.3 is 0 Å². The van der Waals surface area contributed by atoms with Crippen molar-refractivity contribution in [3.63, 3.8) is 0 Å². The quantitative estimate of drug-likeness (QED) is 0.573. The molecule has 1 aromatic heterocycles. The van der Waals surface area contributed by atoms with Crippen LogP contribution in [-0.4, -0.2) is 23.2 Å². The van der Waals surface area contributed by atoms with Crippen LogP contribution in [0.25, 0.3) is 0 Å². The fourth-order valence-electron chi connectivity index (χ4n) is 1.64. The molecule has 0 saturated heterocycles. The van der Waals surface area contributed by atoms with E-state index in [9.17, 15) is 4.79 Å². The normalized spacial score (nSPS) is 9.95. The summed E-state index contributed by atoms with van der Waals surface area (Å²) in [6.45, 7) is 1.93. The van der Waals surface area contributed by atoms with Crippen LogP contribution in [0.5, 0.6) is 5.75 Å². The smallest absolute Gasteiger partial charge is 0.276 e. The van der Waals surface area contributed by atoms with Gasteiger partial charge in [-0.05, 0) is 36.8 Å². The number of hydrazine groups is 1. The largest absolute Gasteiger partial charge is 0.495 e. The summed E-state index contributed by atoms with van der Waals surface area (Å²) in [5.74, 6) is 5.78. The van der Waals surface area contributed by atoms with Gasteiger partial charge in [0.05, 0.1) is 12.8 Å². The summed E-state index contributed by atoms with van der Waals surface area (Å²) in [6, 6.07) is 8.60. The Hall–Kier alpha value is -2.67. The number of methoxy groups -OCH3 is 1. The number of hydrogen-bond donors (Lipinski definition) is 3. The minimum absolute atomic E-state index is 0.188. The zero-order chi connectivity index (χ0) is 14.5. The fourth-order valence-corrected chi connectivity index (χ4v) is 1.64. The molecule has 0 atom stereocenters. The first-order valence-corrected chi connectivity index (χ1v) is 5.90. The molecule has 0 saturated carbocycles. The van der Waals surface area contributed by atoms with Crippen LogP contribution in [0.3, 0.4) is 0 Å². The SMILES string of the molecule is COc1ccc(C)cc1NC(=O)c1ccc(NN)nn1. The monoisotopic (exact) mass is 273 g/mol. The number of nitrogen functional groups attached to an aromatic ring is 1. The van der Waals surface area contributed by atoms with E-state index in [1.807, 2.05) is 19.1 Å². The number of aromatic nitrogens is 2. The Morgan fingerprint density at radius 1 is 1.25 bits per heavy atom. The van der Waals surface area contributed by atoms with Gasteiger partial charge in [0.25, 0.3) is 5.91 Å². The number of rotatable bonds is 4. The van der Waals surface area contributed by atoms with E-state index in [1.165, 1.54) is 6.07 Å². The number of aryl methyl sites for hydroxylation is 1. The Bertz CT molecular complexity index is 613. The van der Waals surface area contributed by atoms with Crippen molar-refractivity contribution in [1.82, 2.24) is 10.2 Å². The van der Waals surface area contributed by atoms with Crippen LogP contribution in [0.2, 0.25) is 0 Å². The van der Waals surface area contributed by atoms with E-state index in [0.717, 1.165) is 5.56 Å². The molecule has 2 aromatic rings. The number of nitrogens with two attached hydrogens (primary N) is 1.